The van der Waals surface area contributed by atoms with Gasteiger partial charge in [-0.3, -0.25) is 0 Å². The maximum absolute atomic E-state index is 8.80. The second kappa shape index (κ2) is 5.58. The quantitative estimate of drug-likeness (QED) is 0.683. The Kier molecular flexibility index (Phi) is 4.70. The highest BCUT2D eigenvalue weighted by Crippen LogP contribution is 2.22. The van der Waals surface area contributed by atoms with Crippen molar-refractivity contribution in [1.29, 1.82) is 0 Å². The molecule has 2 atom stereocenters. The van der Waals surface area contributed by atoms with E-state index in [2.05, 4.69) is 11.8 Å². The van der Waals surface area contributed by atoms with E-state index in [0.717, 1.165) is 32.8 Å². The molecular weight excluding hydrogens is 166 g/mol. The molecule has 78 valence electrons. The maximum atomic E-state index is 8.80. The number of rotatable bonds is 5. The van der Waals surface area contributed by atoms with E-state index in [9.17, 15) is 0 Å². The van der Waals surface area contributed by atoms with Gasteiger partial charge in [-0.1, -0.05) is 6.92 Å². The van der Waals surface area contributed by atoms with Crippen molar-refractivity contribution in [2.24, 2.45) is 11.8 Å². The molecule has 0 radical (unpaired) electrons. The molecule has 1 N–H and O–H groups in total. The van der Waals surface area contributed by atoms with Crippen LogP contribution in [0.5, 0.6) is 0 Å². The van der Waals surface area contributed by atoms with Crippen molar-refractivity contribution in [2.45, 2.75) is 13.8 Å². The first-order chi connectivity index (χ1) is 6.27. The van der Waals surface area contributed by atoms with Gasteiger partial charge in [-0.15, -0.1) is 0 Å². The normalized spacial score (nSPS) is 29.8. The third-order valence-corrected chi connectivity index (χ3v) is 2.80. The molecule has 0 aromatic heterocycles. The van der Waals surface area contributed by atoms with Gasteiger partial charge in [0.15, 0.2) is 0 Å². The Morgan fingerprint density at radius 3 is 2.85 bits per heavy atom. The van der Waals surface area contributed by atoms with Gasteiger partial charge >= 0.3 is 0 Å². The topological polar surface area (TPSA) is 32.7 Å². The predicted octanol–water partition coefficient (Wildman–Crippen LogP) is 0.583. The molecule has 1 saturated heterocycles. The van der Waals surface area contributed by atoms with Crippen LogP contribution in [0.25, 0.3) is 0 Å². The van der Waals surface area contributed by atoms with Crippen molar-refractivity contribution in [1.82, 2.24) is 4.90 Å². The Morgan fingerprint density at radius 1 is 1.46 bits per heavy atom. The van der Waals surface area contributed by atoms with Gasteiger partial charge in [0.05, 0.1) is 13.2 Å². The average Bonchev–Trinajstić information content (AvgIpc) is 2.44. The first kappa shape index (κ1) is 11.0. The van der Waals surface area contributed by atoms with Crippen LogP contribution in [0, 0.1) is 11.8 Å². The molecule has 1 heterocycles. The van der Waals surface area contributed by atoms with Crippen LogP contribution in [0.4, 0.5) is 0 Å². The smallest absolute Gasteiger partial charge is 0.0558 e. The summed E-state index contributed by atoms with van der Waals surface area (Å²) in [5.41, 5.74) is 0. The lowest BCUT2D eigenvalue weighted by atomic mass is 9.99. The molecule has 1 aliphatic rings. The number of aliphatic hydroxyl groups excluding tert-OH is 1. The van der Waals surface area contributed by atoms with Gasteiger partial charge in [0.25, 0.3) is 0 Å². The highest BCUT2D eigenvalue weighted by molar-refractivity contribution is 4.80. The monoisotopic (exact) mass is 187 g/mol. The summed E-state index contributed by atoms with van der Waals surface area (Å²) in [7, 11) is 0. The van der Waals surface area contributed by atoms with Crippen molar-refractivity contribution in [3.8, 4) is 0 Å². The van der Waals surface area contributed by atoms with E-state index in [1.807, 2.05) is 6.92 Å². The SMILES string of the molecule is CCOC[C@@H]1CN(CCO)C[C@H]1C. The third-order valence-electron chi connectivity index (χ3n) is 2.80. The Labute approximate surface area is 80.7 Å². The van der Waals surface area contributed by atoms with Gasteiger partial charge in [-0.05, 0) is 18.8 Å². The first-order valence-corrected chi connectivity index (χ1v) is 5.18. The minimum atomic E-state index is 0.272. The van der Waals surface area contributed by atoms with E-state index in [4.69, 9.17) is 9.84 Å². The van der Waals surface area contributed by atoms with Crippen LogP contribution in [-0.4, -0.2) is 49.5 Å². The van der Waals surface area contributed by atoms with Crippen LogP contribution in [0.1, 0.15) is 13.8 Å². The standard InChI is InChI=1S/C10H21NO2/c1-3-13-8-10-7-11(4-5-12)6-9(10)2/h9-10,12H,3-8H2,1-2H3/t9-,10+/m1/s1. The highest BCUT2D eigenvalue weighted by Gasteiger charge is 2.28. The fourth-order valence-corrected chi connectivity index (χ4v) is 1.95. The zero-order chi connectivity index (χ0) is 9.68. The second-order valence-electron chi connectivity index (χ2n) is 3.88. The molecule has 1 fully saturated rings. The number of hydrogen-bond acceptors (Lipinski definition) is 3. The molecule has 0 aliphatic carbocycles. The molecule has 0 amide bonds. The van der Waals surface area contributed by atoms with Crippen molar-refractivity contribution >= 4 is 0 Å². The minimum Gasteiger partial charge on any atom is -0.395 e. The van der Waals surface area contributed by atoms with Crippen LogP contribution in [0.15, 0.2) is 0 Å². The lowest BCUT2D eigenvalue weighted by Crippen LogP contribution is -2.25. The summed E-state index contributed by atoms with van der Waals surface area (Å²) in [5.74, 6) is 1.37. The molecule has 3 heteroatoms. The van der Waals surface area contributed by atoms with E-state index in [0.29, 0.717) is 11.8 Å². The summed E-state index contributed by atoms with van der Waals surface area (Å²) in [5, 5.41) is 8.80. The summed E-state index contributed by atoms with van der Waals surface area (Å²) in [6.45, 7) is 9.26. The molecule has 1 aliphatic heterocycles. The first-order valence-electron chi connectivity index (χ1n) is 5.18. The number of likely N-dealkylation sites (tertiary alicyclic amines) is 1. The number of aliphatic hydroxyl groups is 1. The van der Waals surface area contributed by atoms with Crippen LogP contribution in [-0.2, 0) is 4.74 Å². The zero-order valence-electron chi connectivity index (χ0n) is 8.70. The lowest BCUT2D eigenvalue weighted by molar-refractivity contribution is 0.101. The molecule has 0 saturated carbocycles. The Bertz CT molecular complexity index is 141. The van der Waals surface area contributed by atoms with E-state index in [1.54, 1.807) is 0 Å². The van der Waals surface area contributed by atoms with E-state index >= 15 is 0 Å². The summed E-state index contributed by atoms with van der Waals surface area (Å²) in [6, 6.07) is 0. The maximum Gasteiger partial charge on any atom is 0.0558 e. The summed E-state index contributed by atoms with van der Waals surface area (Å²) >= 11 is 0. The van der Waals surface area contributed by atoms with Gasteiger partial charge in [0.1, 0.15) is 0 Å². The van der Waals surface area contributed by atoms with E-state index < -0.39 is 0 Å². The molecule has 13 heavy (non-hydrogen) atoms. The molecule has 1 rings (SSSR count). The van der Waals surface area contributed by atoms with Crippen molar-refractivity contribution < 1.29 is 9.84 Å². The summed E-state index contributed by atoms with van der Waals surface area (Å²) in [6.07, 6.45) is 0. The fraction of sp³-hybridized carbons (Fsp3) is 1.00. The van der Waals surface area contributed by atoms with E-state index in [1.165, 1.54) is 0 Å². The van der Waals surface area contributed by atoms with Crippen molar-refractivity contribution in [3.63, 3.8) is 0 Å². The highest BCUT2D eigenvalue weighted by atomic mass is 16.5. The molecule has 0 aromatic carbocycles. The van der Waals surface area contributed by atoms with Gasteiger partial charge in [-0.25, -0.2) is 0 Å². The molecule has 0 aromatic rings. The van der Waals surface area contributed by atoms with Crippen LogP contribution >= 0.6 is 0 Å². The molecule has 0 unspecified atom stereocenters. The summed E-state index contributed by atoms with van der Waals surface area (Å²) in [4.78, 5) is 2.31. The number of ether oxygens (including phenoxy) is 1. The van der Waals surface area contributed by atoms with Crippen LogP contribution < -0.4 is 0 Å². The van der Waals surface area contributed by atoms with Crippen molar-refractivity contribution in [3.05, 3.63) is 0 Å². The fourth-order valence-electron chi connectivity index (χ4n) is 1.95. The van der Waals surface area contributed by atoms with Crippen molar-refractivity contribution in [2.75, 3.05) is 39.5 Å². The Hall–Kier alpha value is -0.120. The van der Waals surface area contributed by atoms with Crippen LogP contribution in [0.3, 0.4) is 0 Å². The van der Waals surface area contributed by atoms with Crippen LogP contribution in [0.2, 0.25) is 0 Å². The number of nitrogens with zero attached hydrogens (tertiary/aromatic N) is 1. The van der Waals surface area contributed by atoms with E-state index in [-0.39, 0.29) is 6.61 Å². The minimum absolute atomic E-state index is 0.272. The molecule has 0 spiro atoms. The predicted molar refractivity (Wildman–Crippen MR) is 52.7 cm³/mol. The molecular formula is C10H21NO2. The van der Waals surface area contributed by atoms with Gasteiger partial charge in [-0.2, -0.15) is 0 Å². The molecule has 3 nitrogen and oxygen atoms in total. The Balaban J connectivity index is 2.24. The third kappa shape index (κ3) is 3.25. The summed E-state index contributed by atoms with van der Waals surface area (Å²) < 4.78 is 5.43. The van der Waals surface area contributed by atoms with Gasteiger partial charge in [0, 0.05) is 26.2 Å². The Morgan fingerprint density at radius 2 is 2.23 bits per heavy atom. The zero-order valence-corrected chi connectivity index (χ0v) is 8.70. The lowest BCUT2D eigenvalue weighted by Gasteiger charge is -2.14. The average molecular weight is 187 g/mol. The number of hydrogen-bond donors (Lipinski definition) is 1. The number of β-amino-alcohol motifs (C(OH)–C–C–N with tert-alkyl or cyclic N) is 1. The second-order valence-corrected chi connectivity index (χ2v) is 3.88. The van der Waals surface area contributed by atoms with Gasteiger partial charge in [0.2, 0.25) is 0 Å². The largest absolute Gasteiger partial charge is 0.395 e. The molecule has 0 bridgehead atoms. The van der Waals surface area contributed by atoms with Gasteiger partial charge < -0.3 is 14.7 Å².